The van der Waals surface area contributed by atoms with Gasteiger partial charge < -0.3 is 5.32 Å². The molecule has 2 nitrogen and oxygen atoms in total. The zero-order valence-corrected chi connectivity index (χ0v) is 11.2. The van der Waals surface area contributed by atoms with Crippen molar-refractivity contribution in [3.8, 4) is 0 Å². The van der Waals surface area contributed by atoms with E-state index in [4.69, 9.17) is 0 Å². The van der Waals surface area contributed by atoms with Gasteiger partial charge in [-0.05, 0) is 24.3 Å². The maximum Gasteiger partial charge on any atom is 0.459 e. The monoisotopic (exact) mass is 371 g/mol. The summed E-state index contributed by atoms with van der Waals surface area (Å²) < 4.78 is 124. The molecule has 24 heavy (non-hydrogen) atoms. The van der Waals surface area contributed by atoms with Crippen molar-refractivity contribution in [3.05, 3.63) is 35.4 Å². The van der Waals surface area contributed by atoms with Gasteiger partial charge in [0.05, 0.1) is 12.1 Å². The SMILES string of the molecule is O=C(NCC(F)(F)C(F)(F)C(F)(F)F)c1ccc(C(F)(F)F)cc1. The van der Waals surface area contributed by atoms with Crippen LogP contribution in [-0.2, 0) is 6.18 Å². The largest absolute Gasteiger partial charge is 0.459 e. The van der Waals surface area contributed by atoms with Gasteiger partial charge in [-0.2, -0.15) is 43.9 Å². The molecule has 0 aliphatic rings. The molecule has 1 aromatic rings. The molecule has 0 radical (unpaired) electrons. The summed E-state index contributed by atoms with van der Waals surface area (Å²) in [6.07, 6.45) is -11.3. The summed E-state index contributed by atoms with van der Waals surface area (Å²) in [5.74, 6) is -13.6. The van der Waals surface area contributed by atoms with Gasteiger partial charge in [0.1, 0.15) is 0 Å². The molecule has 0 aliphatic carbocycles. The van der Waals surface area contributed by atoms with E-state index in [0.29, 0.717) is 24.3 Å². The molecule has 1 aromatic carbocycles. The molecule has 0 spiro atoms. The topological polar surface area (TPSA) is 29.1 Å². The number of amides is 1. The first-order valence-corrected chi connectivity index (χ1v) is 5.87. The van der Waals surface area contributed by atoms with E-state index in [1.54, 1.807) is 0 Å². The second-order valence-corrected chi connectivity index (χ2v) is 4.53. The van der Waals surface area contributed by atoms with Crippen molar-refractivity contribution in [2.45, 2.75) is 24.2 Å². The fraction of sp³-hybridized carbons (Fsp3) is 0.417. The minimum Gasteiger partial charge on any atom is -0.346 e. The Bertz CT molecular complexity index is 587. The highest BCUT2D eigenvalue weighted by molar-refractivity contribution is 5.94. The summed E-state index contributed by atoms with van der Waals surface area (Å²) in [6.45, 7) is -2.36. The molecule has 0 aliphatic heterocycles. The Labute approximate surface area is 127 Å². The number of hydrogen-bond donors (Lipinski definition) is 1. The van der Waals surface area contributed by atoms with Gasteiger partial charge in [0.15, 0.2) is 0 Å². The van der Waals surface area contributed by atoms with Gasteiger partial charge in [-0.3, -0.25) is 4.79 Å². The minimum atomic E-state index is -6.55. The standard InChI is InChI=1S/C12H7F10NO/c13-9(14,11(18,19)12(20,21)22)5-23-8(24)6-1-3-7(4-2-6)10(15,16)17/h1-4H,5H2,(H,23,24). The molecule has 1 N–H and O–H groups in total. The molecule has 0 unspecified atom stereocenters. The van der Waals surface area contributed by atoms with Crippen LogP contribution in [0.5, 0.6) is 0 Å². The van der Waals surface area contributed by atoms with E-state index in [1.807, 2.05) is 0 Å². The van der Waals surface area contributed by atoms with Crippen LogP contribution in [0.4, 0.5) is 43.9 Å². The third kappa shape index (κ3) is 4.09. The second-order valence-electron chi connectivity index (χ2n) is 4.53. The Kier molecular flexibility index (Phi) is 5.12. The normalized spacial score (nSPS) is 13.8. The summed E-state index contributed by atoms with van der Waals surface area (Å²) >= 11 is 0. The highest BCUT2D eigenvalue weighted by Crippen LogP contribution is 2.46. The molecule has 0 saturated carbocycles. The van der Waals surface area contributed by atoms with E-state index in [0.717, 1.165) is 5.32 Å². The van der Waals surface area contributed by atoms with Gasteiger partial charge in [-0.15, -0.1) is 0 Å². The lowest BCUT2D eigenvalue weighted by molar-refractivity contribution is -0.352. The number of carbonyl (C=O) groups is 1. The van der Waals surface area contributed by atoms with E-state index >= 15 is 0 Å². The van der Waals surface area contributed by atoms with Crippen LogP contribution in [0.1, 0.15) is 15.9 Å². The van der Waals surface area contributed by atoms with Crippen molar-refractivity contribution in [1.82, 2.24) is 5.32 Å². The molecule has 0 saturated heterocycles. The van der Waals surface area contributed by atoms with Gasteiger partial charge in [0, 0.05) is 5.56 Å². The lowest BCUT2D eigenvalue weighted by Crippen LogP contribution is -2.56. The van der Waals surface area contributed by atoms with Crippen LogP contribution >= 0.6 is 0 Å². The summed E-state index contributed by atoms with van der Waals surface area (Å²) in [4.78, 5) is 11.4. The number of carbonyl (C=O) groups excluding carboxylic acids is 1. The van der Waals surface area contributed by atoms with Gasteiger partial charge in [-0.25, -0.2) is 0 Å². The molecule has 12 heteroatoms. The Hall–Kier alpha value is -2.01. The summed E-state index contributed by atoms with van der Waals surface area (Å²) in [5.41, 5.74) is -1.80. The predicted octanol–water partition coefficient (Wildman–Crippen LogP) is 4.27. The van der Waals surface area contributed by atoms with Gasteiger partial charge in [-0.1, -0.05) is 0 Å². The third-order valence-electron chi connectivity index (χ3n) is 2.76. The summed E-state index contributed by atoms with van der Waals surface area (Å²) in [7, 11) is 0. The smallest absolute Gasteiger partial charge is 0.346 e. The highest BCUT2D eigenvalue weighted by Gasteiger charge is 2.72. The van der Waals surface area contributed by atoms with Gasteiger partial charge in [0.25, 0.3) is 5.91 Å². The first-order chi connectivity index (χ1) is 10.6. The Morgan fingerprint density at radius 3 is 1.67 bits per heavy atom. The fourth-order valence-electron chi connectivity index (χ4n) is 1.42. The molecule has 0 fully saturated rings. The van der Waals surface area contributed by atoms with Crippen LogP contribution in [0.3, 0.4) is 0 Å². The molecule has 0 atom stereocenters. The van der Waals surface area contributed by atoms with Gasteiger partial charge in [0.2, 0.25) is 0 Å². The summed E-state index contributed by atoms with van der Waals surface area (Å²) in [6, 6.07) is 1.94. The number of alkyl halides is 10. The lowest BCUT2D eigenvalue weighted by atomic mass is 10.1. The van der Waals surface area contributed by atoms with Crippen molar-refractivity contribution in [1.29, 1.82) is 0 Å². The number of nitrogens with one attached hydrogen (secondary N) is 1. The molecule has 1 amide bonds. The maximum atomic E-state index is 13.0. The summed E-state index contributed by atoms with van der Waals surface area (Å²) in [5, 5.41) is 1.13. The van der Waals surface area contributed by atoms with Gasteiger partial charge >= 0.3 is 24.2 Å². The molecule has 1 rings (SSSR count). The van der Waals surface area contributed by atoms with Crippen molar-refractivity contribution in [2.24, 2.45) is 0 Å². The van der Waals surface area contributed by atoms with Crippen LogP contribution in [0.15, 0.2) is 24.3 Å². The average Bonchev–Trinajstić information content (AvgIpc) is 2.42. The van der Waals surface area contributed by atoms with Crippen LogP contribution in [-0.4, -0.2) is 30.5 Å². The maximum absolute atomic E-state index is 13.0. The zero-order valence-electron chi connectivity index (χ0n) is 11.2. The van der Waals surface area contributed by atoms with E-state index in [-0.39, 0.29) is 0 Å². The Morgan fingerprint density at radius 1 is 0.833 bits per heavy atom. The second kappa shape index (κ2) is 6.13. The molecule has 0 heterocycles. The number of halogens is 10. The molecule has 0 aromatic heterocycles. The molecular weight excluding hydrogens is 364 g/mol. The molecular formula is C12H7F10NO. The first-order valence-electron chi connectivity index (χ1n) is 5.87. The minimum absolute atomic E-state index is 0.414. The van der Waals surface area contributed by atoms with Crippen molar-refractivity contribution >= 4 is 5.91 Å². The van der Waals surface area contributed by atoms with Crippen molar-refractivity contribution < 1.29 is 48.7 Å². The zero-order chi connectivity index (χ0) is 19.0. The molecule has 136 valence electrons. The van der Waals surface area contributed by atoms with E-state index in [1.165, 1.54) is 0 Å². The first kappa shape index (κ1) is 20.0. The van der Waals surface area contributed by atoms with Crippen LogP contribution in [0.25, 0.3) is 0 Å². The third-order valence-corrected chi connectivity index (χ3v) is 2.76. The molecule has 0 bridgehead atoms. The number of hydrogen-bond acceptors (Lipinski definition) is 1. The Balaban J connectivity index is 2.82. The van der Waals surface area contributed by atoms with Crippen molar-refractivity contribution in [2.75, 3.05) is 6.54 Å². The lowest BCUT2D eigenvalue weighted by Gasteiger charge is -2.28. The number of benzene rings is 1. The fourth-order valence-corrected chi connectivity index (χ4v) is 1.42. The average molecular weight is 371 g/mol. The number of rotatable bonds is 4. The predicted molar refractivity (Wildman–Crippen MR) is 59.7 cm³/mol. The highest BCUT2D eigenvalue weighted by atomic mass is 19.4. The van der Waals surface area contributed by atoms with E-state index in [9.17, 15) is 48.7 Å². The van der Waals surface area contributed by atoms with Crippen LogP contribution in [0.2, 0.25) is 0 Å². The van der Waals surface area contributed by atoms with E-state index < -0.39 is 47.8 Å². The van der Waals surface area contributed by atoms with E-state index in [2.05, 4.69) is 0 Å². The Morgan fingerprint density at radius 2 is 1.29 bits per heavy atom. The van der Waals surface area contributed by atoms with Crippen LogP contribution < -0.4 is 5.32 Å². The van der Waals surface area contributed by atoms with Crippen LogP contribution in [0, 0.1) is 0 Å². The van der Waals surface area contributed by atoms with Crippen molar-refractivity contribution in [3.63, 3.8) is 0 Å². The quantitative estimate of drug-likeness (QED) is 0.788.